The second-order valence-corrected chi connectivity index (χ2v) is 16.0. The van der Waals surface area contributed by atoms with Crippen LogP contribution in [0, 0.1) is 46.3 Å². The fourth-order valence-electron chi connectivity index (χ4n) is 9.78. The van der Waals surface area contributed by atoms with Crippen molar-refractivity contribution in [3.8, 4) is 0 Å². The van der Waals surface area contributed by atoms with Crippen LogP contribution >= 0.6 is 11.8 Å². The molecule has 3 saturated carbocycles. The molecule has 0 N–H and O–H groups in total. The highest BCUT2D eigenvalue weighted by atomic mass is 32.2. The third-order valence-electron chi connectivity index (χ3n) is 12.0. The summed E-state index contributed by atoms with van der Waals surface area (Å²) in [5, 5.41) is 0.381. The summed E-state index contributed by atoms with van der Waals surface area (Å²) in [4.78, 5) is 12.5. The molecule has 38 heavy (non-hydrogen) atoms. The van der Waals surface area contributed by atoms with Crippen LogP contribution in [0.3, 0.4) is 0 Å². The van der Waals surface area contributed by atoms with Gasteiger partial charge in [0.05, 0.1) is 6.61 Å². The number of hydrogen-bond donors (Lipinski definition) is 0. The van der Waals surface area contributed by atoms with E-state index in [-0.39, 0.29) is 5.30 Å². The molecule has 4 aliphatic carbocycles. The molecule has 8 atom stereocenters. The first-order valence-corrected chi connectivity index (χ1v) is 17.6. The maximum absolute atomic E-state index is 12.5. The van der Waals surface area contributed by atoms with E-state index in [0.717, 1.165) is 48.3 Å². The van der Waals surface area contributed by atoms with Crippen molar-refractivity contribution in [3.63, 3.8) is 0 Å². The number of fused-ring (bicyclic) bond motifs is 5. The van der Waals surface area contributed by atoms with Gasteiger partial charge in [-0.25, -0.2) is 4.79 Å². The SMILES string of the molecule is CCCCCCCOC(=O)S[C@H]1CC[C@@]2(C)C(=CC[C@@H]3[C@H]4CC[C@@H]([C@H](C)CCCC(C)C)[C@]4(C)CC[C@H]32)C1. The highest BCUT2D eigenvalue weighted by Gasteiger charge is 2.59. The average Bonchev–Trinajstić information content (AvgIpc) is 3.23. The van der Waals surface area contributed by atoms with Crippen molar-refractivity contribution in [2.75, 3.05) is 6.61 Å². The number of unbranched alkanes of at least 4 members (excludes halogenated alkanes) is 4. The van der Waals surface area contributed by atoms with Crippen LogP contribution < -0.4 is 0 Å². The van der Waals surface area contributed by atoms with Crippen LogP contribution in [0.25, 0.3) is 0 Å². The lowest BCUT2D eigenvalue weighted by molar-refractivity contribution is -0.0497. The number of rotatable bonds is 12. The van der Waals surface area contributed by atoms with Crippen molar-refractivity contribution < 1.29 is 9.53 Å². The van der Waals surface area contributed by atoms with Gasteiger partial charge in [-0.1, -0.05) is 98.1 Å². The predicted octanol–water partition coefficient (Wildman–Crippen LogP) is 11.2. The number of hydrogen-bond acceptors (Lipinski definition) is 3. The molecule has 4 rings (SSSR count). The number of thioether (sulfide) groups is 1. The predicted molar refractivity (Wildman–Crippen MR) is 165 cm³/mol. The van der Waals surface area contributed by atoms with Crippen LogP contribution in [0.5, 0.6) is 0 Å². The van der Waals surface area contributed by atoms with Crippen LogP contribution in [0.15, 0.2) is 11.6 Å². The summed E-state index contributed by atoms with van der Waals surface area (Å²) in [7, 11) is 0. The van der Waals surface area contributed by atoms with Gasteiger partial charge < -0.3 is 4.74 Å². The number of carbonyl (C=O) groups is 1. The Morgan fingerprint density at radius 1 is 0.974 bits per heavy atom. The summed E-state index contributed by atoms with van der Waals surface area (Å²) in [6.07, 6.45) is 23.6. The first-order valence-electron chi connectivity index (χ1n) is 16.7. The quantitative estimate of drug-likeness (QED) is 0.139. The van der Waals surface area contributed by atoms with E-state index < -0.39 is 0 Å². The molecule has 0 aliphatic heterocycles. The molecule has 218 valence electrons. The van der Waals surface area contributed by atoms with Crippen LogP contribution in [0.1, 0.15) is 144 Å². The molecule has 3 fully saturated rings. The van der Waals surface area contributed by atoms with Crippen molar-refractivity contribution >= 4 is 17.1 Å². The Morgan fingerprint density at radius 2 is 1.76 bits per heavy atom. The van der Waals surface area contributed by atoms with Gasteiger partial charge in [-0.2, -0.15) is 0 Å². The highest BCUT2D eigenvalue weighted by Crippen LogP contribution is 2.67. The molecule has 3 heteroatoms. The van der Waals surface area contributed by atoms with E-state index in [4.69, 9.17) is 4.74 Å². The third kappa shape index (κ3) is 6.71. The Hall–Kier alpha value is -0.440. The molecule has 0 bridgehead atoms. The molecule has 0 aromatic rings. The number of carbonyl (C=O) groups excluding carboxylic acids is 1. The van der Waals surface area contributed by atoms with E-state index >= 15 is 0 Å². The van der Waals surface area contributed by atoms with E-state index in [9.17, 15) is 4.79 Å². The van der Waals surface area contributed by atoms with Gasteiger partial charge in [-0.15, -0.1) is 0 Å². The minimum atomic E-state index is -0.0312. The zero-order valence-electron chi connectivity index (χ0n) is 25.9. The van der Waals surface area contributed by atoms with E-state index in [0.29, 0.717) is 22.7 Å². The van der Waals surface area contributed by atoms with Crippen LogP contribution in [0.4, 0.5) is 4.79 Å². The van der Waals surface area contributed by atoms with Gasteiger partial charge >= 0.3 is 5.30 Å². The molecule has 0 radical (unpaired) electrons. The number of ether oxygens (including phenoxy) is 1. The van der Waals surface area contributed by atoms with Crippen LogP contribution in [0.2, 0.25) is 0 Å². The standard InChI is InChI=1S/C35H60O2S/c1-7-8-9-10-11-23-37-33(36)38-28-19-21-34(5)27(24-28)15-16-29-31-18-17-30(26(4)14-12-13-25(2)3)35(31,6)22-20-32(29)34/h15,25-26,28-32H,7-14,16-24H2,1-6H3/t26-,28+,29-,30+,31-,32-,34+,35+/m1/s1. The molecule has 4 aliphatic rings. The van der Waals surface area contributed by atoms with Gasteiger partial charge in [-0.3, -0.25) is 0 Å². The van der Waals surface area contributed by atoms with E-state index in [2.05, 4.69) is 47.6 Å². The Bertz CT molecular complexity index is 804. The minimum absolute atomic E-state index is 0.0312. The van der Waals surface area contributed by atoms with Crippen molar-refractivity contribution in [1.82, 2.24) is 0 Å². The monoisotopic (exact) mass is 544 g/mol. The first kappa shape index (κ1) is 30.5. The van der Waals surface area contributed by atoms with Gasteiger partial charge in [0.25, 0.3) is 0 Å². The summed E-state index contributed by atoms with van der Waals surface area (Å²) in [5.74, 6) is 5.33. The maximum atomic E-state index is 12.5. The molecule has 0 heterocycles. The zero-order valence-corrected chi connectivity index (χ0v) is 26.7. The fraction of sp³-hybridized carbons (Fsp3) is 0.914. The molecule has 0 aromatic heterocycles. The largest absolute Gasteiger partial charge is 0.458 e. The Balaban J connectivity index is 1.31. The smallest absolute Gasteiger partial charge is 0.367 e. The van der Waals surface area contributed by atoms with Gasteiger partial charge in [0.2, 0.25) is 0 Å². The normalized spacial score (nSPS) is 37.2. The summed E-state index contributed by atoms with van der Waals surface area (Å²) in [5.41, 5.74) is 2.62. The van der Waals surface area contributed by atoms with Crippen LogP contribution in [-0.4, -0.2) is 17.2 Å². The summed E-state index contributed by atoms with van der Waals surface area (Å²) in [6, 6.07) is 0. The van der Waals surface area contributed by atoms with Crippen molar-refractivity contribution in [2.24, 2.45) is 46.3 Å². The zero-order chi connectivity index (χ0) is 27.3. The summed E-state index contributed by atoms with van der Waals surface area (Å²) >= 11 is 1.50. The fourth-order valence-corrected chi connectivity index (χ4v) is 10.7. The number of allylic oxidation sites excluding steroid dienone is 2. The molecule has 0 spiro atoms. The molecule has 2 nitrogen and oxygen atoms in total. The van der Waals surface area contributed by atoms with Gasteiger partial charge in [0.15, 0.2) is 0 Å². The lowest BCUT2D eigenvalue weighted by atomic mass is 9.47. The van der Waals surface area contributed by atoms with E-state index in [1.54, 1.807) is 5.57 Å². The maximum Gasteiger partial charge on any atom is 0.367 e. The summed E-state index contributed by atoms with van der Waals surface area (Å²) in [6.45, 7) is 15.5. The van der Waals surface area contributed by atoms with E-state index in [1.807, 2.05) is 0 Å². The van der Waals surface area contributed by atoms with Crippen molar-refractivity contribution in [1.29, 1.82) is 0 Å². The van der Waals surface area contributed by atoms with Gasteiger partial charge in [-0.05, 0) is 116 Å². The van der Waals surface area contributed by atoms with E-state index in [1.165, 1.54) is 102 Å². The first-order chi connectivity index (χ1) is 18.2. The molecule has 0 amide bonds. The lowest BCUT2D eigenvalue weighted by Crippen LogP contribution is -2.50. The Kier molecular flexibility index (Phi) is 10.8. The van der Waals surface area contributed by atoms with Gasteiger partial charge in [0.1, 0.15) is 0 Å². The topological polar surface area (TPSA) is 26.3 Å². The second kappa shape index (κ2) is 13.5. The summed E-state index contributed by atoms with van der Waals surface area (Å²) < 4.78 is 5.60. The molecule has 0 saturated heterocycles. The third-order valence-corrected chi connectivity index (χ3v) is 13.0. The molecular formula is C35H60O2S. The highest BCUT2D eigenvalue weighted by molar-refractivity contribution is 8.13. The van der Waals surface area contributed by atoms with Crippen LogP contribution in [-0.2, 0) is 4.74 Å². The Labute approximate surface area is 240 Å². The lowest BCUT2D eigenvalue weighted by Gasteiger charge is -2.58. The molecule has 0 unspecified atom stereocenters. The minimum Gasteiger partial charge on any atom is -0.458 e. The molecular weight excluding hydrogens is 484 g/mol. The van der Waals surface area contributed by atoms with Crippen molar-refractivity contribution in [3.05, 3.63) is 11.6 Å². The average molecular weight is 545 g/mol. The van der Waals surface area contributed by atoms with Gasteiger partial charge in [0, 0.05) is 5.25 Å². The van der Waals surface area contributed by atoms with Crippen molar-refractivity contribution in [2.45, 2.75) is 150 Å². The second-order valence-electron chi connectivity index (χ2n) is 14.8. The Morgan fingerprint density at radius 3 is 2.53 bits per heavy atom. The molecule has 0 aromatic carbocycles.